The summed E-state index contributed by atoms with van der Waals surface area (Å²) in [6, 6.07) is 3.51. The molecule has 2 rings (SSSR count). The smallest absolute Gasteiger partial charge is 0.306 e. The summed E-state index contributed by atoms with van der Waals surface area (Å²) < 4.78 is 2.71. The molecule has 90 valence electrons. The van der Waals surface area contributed by atoms with Crippen molar-refractivity contribution >= 4 is 42.8 Å². The van der Waals surface area contributed by atoms with Gasteiger partial charge in [0.15, 0.2) is 0 Å². The van der Waals surface area contributed by atoms with Gasteiger partial charge in [0.05, 0.1) is 10.9 Å². The Morgan fingerprint density at radius 3 is 2.65 bits per heavy atom. The molecule has 0 saturated carbocycles. The maximum atomic E-state index is 12.1. The molecule has 1 aromatic heterocycles. The molecule has 0 aliphatic carbocycles. The predicted octanol–water partition coefficient (Wildman–Crippen LogP) is 2.62. The molecular weight excluding hydrogens is 352 g/mol. The van der Waals surface area contributed by atoms with E-state index in [2.05, 4.69) is 36.8 Å². The fourth-order valence-electron chi connectivity index (χ4n) is 1.71. The maximum absolute atomic E-state index is 12.1. The van der Waals surface area contributed by atoms with Gasteiger partial charge in [-0.25, -0.2) is 4.79 Å². The van der Waals surface area contributed by atoms with E-state index < -0.39 is 0 Å². The van der Waals surface area contributed by atoms with Crippen LogP contribution in [0.4, 0.5) is 0 Å². The third kappa shape index (κ3) is 2.24. The molecule has 0 unspecified atom stereocenters. The fourth-order valence-corrected chi connectivity index (χ4v) is 3.03. The van der Waals surface area contributed by atoms with Crippen molar-refractivity contribution in [3.63, 3.8) is 0 Å². The Labute approximate surface area is 114 Å². The Morgan fingerprint density at radius 1 is 1.29 bits per heavy atom. The first-order valence-corrected chi connectivity index (χ1v) is 6.75. The number of benzene rings is 1. The highest BCUT2D eigenvalue weighted by atomic mass is 79.9. The SMILES string of the molecule is CCCn1c(=O)[nH]c2c(Br)cc(Br)cc2c1=O. The second-order valence-corrected chi connectivity index (χ2v) is 5.47. The van der Waals surface area contributed by atoms with E-state index in [4.69, 9.17) is 0 Å². The lowest BCUT2D eigenvalue weighted by molar-refractivity contribution is 0.623. The molecule has 6 heteroatoms. The van der Waals surface area contributed by atoms with Gasteiger partial charge < -0.3 is 4.98 Å². The van der Waals surface area contributed by atoms with E-state index in [9.17, 15) is 9.59 Å². The molecule has 1 aromatic carbocycles. The van der Waals surface area contributed by atoms with Gasteiger partial charge in [-0.1, -0.05) is 22.9 Å². The highest BCUT2D eigenvalue weighted by Gasteiger charge is 2.10. The minimum absolute atomic E-state index is 0.257. The molecular formula is C11H10Br2N2O2. The normalized spacial score (nSPS) is 11.0. The maximum Gasteiger partial charge on any atom is 0.328 e. The molecule has 4 nitrogen and oxygen atoms in total. The second kappa shape index (κ2) is 4.78. The van der Waals surface area contributed by atoms with E-state index in [-0.39, 0.29) is 11.2 Å². The van der Waals surface area contributed by atoms with Gasteiger partial charge in [0.1, 0.15) is 0 Å². The highest BCUT2D eigenvalue weighted by molar-refractivity contribution is 9.11. The molecule has 0 amide bonds. The zero-order valence-corrected chi connectivity index (χ0v) is 12.3. The van der Waals surface area contributed by atoms with Gasteiger partial charge in [0, 0.05) is 15.5 Å². The van der Waals surface area contributed by atoms with E-state index >= 15 is 0 Å². The minimum Gasteiger partial charge on any atom is -0.306 e. The summed E-state index contributed by atoms with van der Waals surface area (Å²) in [5, 5.41) is 0.499. The summed E-state index contributed by atoms with van der Waals surface area (Å²) in [6.07, 6.45) is 0.740. The van der Waals surface area contributed by atoms with Gasteiger partial charge in [-0.2, -0.15) is 0 Å². The quantitative estimate of drug-likeness (QED) is 0.893. The van der Waals surface area contributed by atoms with Crippen molar-refractivity contribution in [1.29, 1.82) is 0 Å². The number of aromatic nitrogens is 2. The molecule has 1 heterocycles. The van der Waals surface area contributed by atoms with Gasteiger partial charge in [-0.05, 0) is 34.5 Å². The Balaban J connectivity index is 2.92. The number of aromatic amines is 1. The minimum atomic E-state index is -0.368. The third-order valence-corrected chi connectivity index (χ3v) is 3.54. The first-order valence-electron chi connectivity index (χ1n) is 5.16. The van der Waals surface area contributed by atoms with Crippen molar-refractivity contribution in [1.82, 2.24) is 9.55 Å². The van der Waals surface area contributed by atoms with Crippen LogP contribution in [-0.2, 0) is 6.54 Å². The largest absolute Gasteiger partial charge is 0.328 e. The van der Waals surface area contributed by atoms with Crippen molar-refractivity contribution in [3.05, 3.63) is 41.9 Å². The number of nitrogens with one attached hydrogen (secondary N) is 1. The average molecular weight is 362 g/mol. The van der Waals surface area contributed by atoms with Crippen molar-refractivity contribution in [2.75, 3.05) is 0 Å². The number of fused-ring (bicyclic) bond motifs is 1. The van der Waals surface area contributed by atoms with Gasteiger partial charge in [-0.3, -0.25) is 9.36 Å². The van der Waals surface area contributed by atoms with Crippen LogP contribution in [0.3, 0.4) is 0 Å². The van der Waals surface area contributed by atoms with E-state index in [0.717, 1.165) is 10.9 Å². The first kappa shape index (κ1) is 12.6. The predicted molar refractivity (Wildman–Crippen MR) is 74.5 cm³/mol. The number of halogens is 2. The van der Waals surface area contributed by atoms with Crippen LogP contribution in [0.25, 0.3) is 10.9 Å². The van der Waals surface area contributed by atoms with Crippen LogP contribution in [0.2, 0.25) is 0 Å². The summed E-state index contributed by atoms with van der Waals surface area (Å²) in [5.41, 5.74) is -0.0875. The lowest BCUT2D eigenvalue weighted by Crippen LogP contribution is -2.35. The monoisotopic (exact) mass is 360 g/mol. The van der Waals surface area contributed by atoms with Crippen LogP contribution in [0, 0.1) is 0 Å². The average Bonchev–Trinajstić information content (AvgIpc) is 2.26. The molecule has 0 aliphatic rings. The van der Waals surface area contributed by atoms with Crippen molar-refractivity contribution < 1.29 is 0 Å². The molecule has 0 saturated heterocycles. The van der Waals surface area contributed by atoms with E-state index in [1.54, 1.807) is 12.1 Å². The summed E-state index contributed by atoms with van der Waals surface area (Å²) in [5.74, 6) is 0. The van der Waals surface area contributed by atoms with Crippen molar-refractivity contribution in [3.8, 4) is 0 Å². The summed E-state index contributed by atoms with van der Waals surface area (Å²) in [7, 11) is 0. The number of hydrogen-bond acceptors (Lipinski definition) is 2. The van der Waals surface area contributed by atoms with Crippen LogP contribution in [0.1, 0.15) is 13.3 Å². The zero-order valence-electron chi connectivity index (χ0n) is 9.09. The molecule has 0 bridgehead atoms. The summed E-state index contributed by atoms with van der Waals surface area (Å²) >= 11 is 6.66. The summed E-state index contributed by atoms with van der Waals surface area (Å²) in [4.78, 5) is 26.6. The number of H-pyrrole nitrogens is 1. The van der Waals surface area contributed by atoms with Crippen molar-refractivity contribution in [2.45, 2.75) is 19.9 Å². The van der Waals surface area contributed by atoms with E-state index in [1.165, 1.54) is 4.57 Å². The molecule has 17 heavy (non-hydrogen) atoms. The van der Waals surface area contributed by atoms with Gasteiger partial charge >= 0.3 is 5.69 Å². The number of rotatable bonds is 2. The standard InChI is InChI=1S/C11H10Br2N2O2/c1-2-3-15-10(16)7-4-6(12)5-8(13)9(7)14-11(15)17/h4-5H,2-3H2,1H3,(H,14,17). The topological polar surface area (TPSA) is 54.9 Å². The van der Waals surface area contributed by atoms with Gasteiger partial charge in [-0.15, -0.1) is 0 Å². The van der Waals surface area contributed by atoms with Crippen LogP contribution in [-0.4, -0.2) is 9.55 Å². The third-order valence-electron chi connectivity index (χ3n) is 2.45. The fraction of sp³-hybridized carbons (Fsp3) is 0.273. The van der Waals surface area contributed by atoms with Crippen LogP contribution in [0.5, 0.6) is 0 Å². The molecule has 0 radical (unpaired) electrons. The highest BCUT2D eigenvalue weighted by Crippen LogP contribution is 2.24. The lowest BCUT2D eigenvalue weighted by atomic mass is 10.2. The van der Waals surface area contributed by atoms with Crippen LogP contribution < -0.4 is 11.2 Å². The molecule has 0 atom stereocenters. The Kier molecular flexibility index (Phi) is 3.53. The molecule has 0 aliphatic heterocycles. The van der Waals surface area contributed by atoms with Crippen molar-refractivity contribution in [2.24, 2.45) is 0 Å². The molecule has 0 spiro atoms. The van der Waals surface area contributed by atoms with Crippen LogP contribution >= 0.6 is 31.9 Å². The molecule has 1 N–H and O–H groups in total. The first-order chi connectivity index (χ1) is 8.04. The number of nitrogens with zero attached hydrogens (tertiary/aromatic N) is 1. The molecule has 0 fully saturated rings. The van der Waals surface area contributed by atoms with E-state index in [1.807, 2.05) is 6.92 Å². The lowest BCUT2D eigenvalue weighted by Gasteiger charge is -2.06. The Bertz CT molecular complexity index is 688. The van der Waals surface area contributed by atoms with E-state index in [0.29, 0.717) is 21.9 Å². The molecule has 2 aromatic rings. The number of hydrogen-bond donors (Lipinski definition) is 1. The summed E-state index contributed by atoms with van der Waals surface area (Å²) in [6.45, 7) is 2.35. The van der Waals surface area contributed by atoms with Crippen LogP contribution in [0.15, 0.2) is 30.7 Å². The second-order valence-electron chi connectivity index (χ2n) is 3.70. The Hall–Kier alpha value is -0.880. The van der Waals surface area contributed by atoms with Gasteiger partial charge in [0.25, 0.3) is 5.56 Å². The Morgan fingerprint density at radius 2 is 2.00 bits per heavy atom. The zero-order chi connectivity index (χ0) is 12.6. The van der Waals surface area contributed by atoms with Gasteiger partial charge in [0.2, 0.25) is 0 Å².